The first-order valence-electron chi connectivity index (χ1n) is 5.95. The molecule has 0 aromatic heterocycles. The maximum Gasteiger partial charge on any atom is 0.0453 e. The smallest absolute Gasteiger partial charge is 0.0453 e. The first-order chi connectivity index (χ1) is 7.75. The van der Waals surface area contributed by atoms with E-state index in [2.05, 4.69) is 29.7 Å². The van der Waals surface area contributed by atoms with Crippen molar-refractivity contribution in [2.24, 2.45) is 0 Å². The summed E-state index contributed by atoms with van der Waals surface area (Å²) in [5.41, 5.74) is 2.39. The fraction of sp³-hybridized carbons (Fsp3) is 0.538. The van der Waals surface area contributed by atoms with Gasteiger partial charge < -0.3 is 10.6 Å². The number of nitrogens with one attached hydrogen (secondary N) is 2. The molecule has 0 amide bonds. The van der Waals surface area contributed by atoms with Crippen LogP contribution in [-0.4, -0.2) is 19.1 Å². The Morgan fingerprint density at radius 1 is 1.31 bits per heavy atom. The van der Waals surface area contributed by atoms with Crippen molar-refractivity contribution in [3.63, 3.8) is 0 Å². The normalized spacial score (nSPS) is 15.4. The highest BCUT2D eigenvalue weighted by atomic mass is 35.5. The maximum absolute atomic E-state index is 6.15. The van der Waals surface area contributed by atoms with Gasteiger partial charge >= 0.3 is 0 Å². The van der Waals surface area contributed by atoms with Gasteiger partial charge in [0.05, 0.1) is 0 Å². The van der Waals surface area contributed by atoms with Crippen LogP contribution in [0.4, 0.5) is 0 Å². The van der Waals surface area contributed by atoms with Crippen LogP contribution >= 0.6 is 11.6 Å². The van der Waals surface area contributed by atoms with Gasteiger partial charge in [-0.15, -0.1) is 0 Å². The Bertz CT molecular complexity index is 348. The number of hydrogen-bond donors (Lipinski definition) is 2. The molecule has 0 bridgehead atoms. The zero-order valence-corrected chi connectivity index (χ0v) is 10.5. The molecule has 0 unspecified atom stereocenters. The summed E-state index contributed by atoms with van der Waals surface area (Å²) in [6.07, 6.45) is 2.70. The van der Waals surface area contributed by atoms with Gasteiger partial charge in [-0.3, -0.25) is 0 Å². The topological polar surface area (TPSA) is 24.1 Å². The summed E-state index contributed by atoms with van der Waals surface area (Å²) in [4.78, 5) is 0. The lowest BCUT2D eigenvalue weighted by atomic mass is 10.1. The predicted molar refractivity (Wildman–Crippen MR) is 68.9 cm³/mol. The average Bonchev–Trinajstić information content (AvgIpc) is 3.04. The Hall–Kier alpha value is -0.570. The molecule has 2 rings (SSSR count). The van der Waals surface area contributed by atoms with Gasteiger partial charge in [-0.2, -0.15) is 0 Å². The van der Waals surface area contributed by atoms with E-state index >= 15 is 0 Å². The van der Waals surface area contributed by atoms with E-state index in [0.29, 0.717) is 0 Å². The van der Waals surface area contributed by atoms with Crippen molar-refractivity contribution in [1.29, 1.82) is 0 Å². The molecule has 1 aliphatic carbocycles. The summed E-state index contributed by atoms with van der Waals surface area (Å²) in [7, 11) is 0. The molecule has 0 spiro atoms. The molecular weight excluding hydrogens is 220 g/mol. The Kier molecular flexibility index (Phi) is 4.22. The second kappa shape index (κ2) is 5.67. The van der Waals surface area contributed by atoms with Crippen LogP contribution in [0.2, 0.25) is 5.02 Å². The van der Waals surface area contributed by atoms with E-state index in [1.54, 1.807) is 0 Å². The largest absolute Gasteiger partial charge is 0.313 e. The van der Waals surface area contributed by atoms with E-state index in [9.17, 15) is 0 Å². The van der Waals surface area contributed by atoms with Gasteiger partial charge in [0.15, 0.2) is 0 Å². The quantitative estimate of drug-likeness (QED) is 0.745. The van der Waals surface area contributed by atoms with Crippen LogP contribution in [0.1, 0.15) is 24.0 Å². The van der Waals surface area contributed by atoms with Gasteiger partial charge in [0.2, 0.25) is 0 Å². The molecule has 0 radical (unpaired) electrons. The maximum atomic E-state index is 6.15. The van der Waals surface area contributed by atoms with Crippen LogP contribution in [0.5, 0.6) is 0 Å². The molecule has 1 saturated carbocycles. The summed E-state index contributed by atoms with van der Waals surface area (Å²) in [5.74, 6) is 0. The first-order valence-corrected chi connectivity index (χ1v) is 6.32. The average molecular weight is 239 g/mol. The third-order valence-electron chi connectivity index (χ3n) is 2.84. The van der Waals surface area contributed by atoms with Gasteiger partial charge in [-0.25, -0.2) is 0 Å². The molecule has 0 atom stereocenters. The van der Waals surface area contributed by atoms with Crippen LogP contribution in [0.15, 0.2) is 18.2 Å². The Balaban J connectivity index is 1.67. The molecule has 2 N–H and O–H groups in total. The van der Waals surface area contributed by atoms with Gasteiger partial charge in [0.1, 0.15) is 0 Å². The summed E-state index contributed by atoms with van der Waals surface area (Å²) in [6.45, 7) is 4.96. The van der Waals surface area contributed by atoms with E-state index in [1.165, 1.54) is 24.0 Å². The first kappa shape index (κ1) is 11.9. The molecule has 3 heteroatoms. The highest BCUT2D eigenvalue weighted by molar-refractivity contribution is 6.31. The number of hydrogen-bond acceptors (Lipinski definition) is 2. The molecular formula is C13H19ClN2. The molecule has 0 heterocycles. The molecule has 16 heavy (non-hydrogen) atoms. The summed E-state index contributed by atoms with van der Waals surface area (Å²) in [6, 6.07) is 7.01. The summed E-state index contributed by atoms with van der Waals surface area (Å²) < 4.78 is 0. The second-order valence-corrected chi connectivity index (χ2v) is 4.91. The van der Waals surface area contributed by atoms with Crippen molar-refractivity contribution in [1.82, 2.24) is 10.6 Å². The number of aryl methyl sites for hydroxylation is 1. The lowest BCUT2D eigenvalue weighted by Gasteiger charge is -2.08. The monoisotopic (exact) mass is 238 g/mol. The fourth-order valence-corrected chi connectivity index (χ4v) is 1.97. The molecule has 1 aromatic carbocycles. The molecule has 0 aliphatic heterocycles. The minimum atomic E-state index is 0.796. The van der Waals surface area contributed by atoms with Crippen LogP contribution in [0, 0.1) is 6.92 Å². The van der Waals surface area contributed by atoms with Crippen LogP contribution in [0.25, 0.3) is 0 Å². The van der Waals surface area contributed by atoms with Crippen molar-refractivity contribution in [3.8, 4) is 0 Å². The van der Waals surface area contributed by atoms with E-state index < -0.39 is 0 Å². The summed E-state index contributed by atoms with van der Waals surface area (Å²) >= 11 is 6.15. The van der Waals surface area contributed by atoms with Crippen molar-refractivity contribution in [2.45, 2.75) is 32.4 Å². The minimum Gasteiger partial charge on any atom is -0.313 e. The third-order valence-corrected chi connectivity index (χ3v) is 3.19. The standard InChI is InChI=1S/C13H19ClN2/c1-10-2-3-11(13(14)8-10)9-15-6-7-16-12-4-5-12/h2-3,8,12,15-16H,4-7,9H2,1H3. The highest BCUT2D eigenvalue weighted by Crippen LogP contribution is 2.18. The molecule has 1 fully saturated rings. The summed E-state index contributed by atoms with van der Waals surface area (Å²) in [5, 5.41) is 7.73. The van der Waals surface area contributed by atoms with Gasteiger partial charge in [-0.05, 0) is 37.0 Å². The second-order valence-electron chi connectivity index (χ2n) is 4.50. The van der Waals surface area contributed by atoms with Crippen LogP contribution < -0.4 is 10.6 Å². The Morgan fingerprint density at radius 2 is 2.12 bits per heavy atom. The fourth-order valence-electron chi connectivity index (χ4n) is 1.67. The SMILES string of the molecule is Cc1ccc(CNCCNC2CC2)c(Cl)c1. The Labute approximate surface area is 102 Å². The Morgan fingerprint density at radius 3 is 2.81 bits per heavy atom. The minimum absolute atomic E-state index is 0.796. The van der Waals surface area contributed by atoms with E-state index in [0.717, 1.165) is 30.7 Å². The van der Waals surface area contributed by atoms with Crippen LogP contribution in [-0.2, 0) is 6.54 Å². The van der Waals surface area contributed by atoms with Crippen molar-refractivity contribution in [3.05, 3.63) is 34.3 Å². The van der Waals surface area contributed by atoms with E-state index in [4.69, 9.17) is 11.6 Å². The highest BCUT2D eigenvalue weighted by Gasteiger charge is 2.19. The predicted octanol–water partition coefficient (Wildman–Crippen LogP) is 2.49. The number of halogens is 1. The van der Waals surface area contributed by atoms with Gasteiger partial charge in [-0.1, -0.05) is 23.7 Å². The number of benzene rings is 1. The van der Waals surface area contributed by atoms with E-state index in [-0.39, 0.29) is 0 Å². The molecule has 1 aromatic rings. The van der Waals surface area contributed by atoms with E-state index in [1.807, 2.05) is 6.07 Å². The third kappa shape index (κ3) is 3.78. The van der Waals surface area contributed by atoms with Crippen molar-refractivity contribution >= 4 is 11.6 Å². The molecule has 0 saturated heterocycles. The zero-order valence-electron chi connectivity index (χ0n) is 9.72. The lowest BCUT2D eigenvalue weighted by molar-refractivity contribution is 0.608. The number of rotatable bonds is 6. The van der Waals surface area contributed by atoms with Gasteiger partial charge in [0.25, 0.3) is 0 Å². The molecule has 1 aliphatic rings. The lowest BCUT2D eigenvalue weighted by Crippen LogP contribution is -2.28. The van der Waals surface area contributed by atoms with Gasteiger partial charge in [0, 0.05) is 30.7 Å². The molecule has 88 valence electrons. The van der Waals surface area contributed by atoms with Crippen molar-refractivity contribution < 1.29 is 0 Å². The zero-order chi connectivity index (χ0) is 11.4. The van der Waals surface area contributed by atoms with Crippen LogP contribution in [0.3, 0.4) is 0 Å². The molecule has 2 nitrogen and oxygen atoms in total. The van der Waals surface area contributed by atoms with Crippen molar-refractivity contribution in [2.75, 3.05) is 13.1 Å².